The lowest BCUT2D eigenvalue weighted by atomic mass is 10.4. The molecule has 4 nitrogen and oxygen atoms in total. The van der Waals surface area contributed by atoms with Gasteiger partial charge in [-0.3, -0.25) is 4.79 Å². The number of hydrogen-bond acceptors (Lipinski definition) is 3. The first-order valence-electron chi connectivity index (χ1n) is 3.66. The van der Waals surface area contributed by atoms with E-state index >= 15 is 0 Å². The molecule has 0 aliphatic rings. The Morgan fingerprint density at radius 3 is 3.00 bits per heavy atom. The molecule has 0 aliphatic carbocycles. The van der Waals surface area contributed by atoms with E-state index in [0.29, 0.717) is 5.69 Å². The van der Waals surface area contributed by atoms with E-state index in [1.165, 1.54) is 11.3 Å². The summed E-state index contributed by atoms with van der Waals surface area (Å²) in [5.41, 5.74) is 6.29. The predicted molar refractivity (Wildman–Crippen MR) is 50.4 cm³/mol. The standard InChI is InChI=1S/C8H7N3OS/c9-7(12)6-4-13-8(11-6)5-2-1-3-10-5/h1-4,10H,(H2,9,12). The van der Waals surface area contributed by atoms with Gasteiger partial charge in [0.15, 0.2) is 0 Å². The second-order valence-electron chi connectivity index (χ2n) is 2.49. The number of nitrogens with one attached hydrogen (secondary N) is 1. The van der Waals surface area contributed by atoms with Crippen LogP contribution in [0.4, 0.5) is 0 Å². The summed E-state index contributed by atoms with van der Waals surface area (Å²) in [7, 11) is 0. The van der Waals surface area contributed by atoms with E-state index in [2.05, 4.69) is 9.97 Å². The van der Waals surface area contributed by atoms with Gasteiger partial charge in [-0.15, -0.1) is 11.3 Å². The van der Waals surface area contributed by atoms with Gasteiger partial charge in [0.1, 0.15) is 10.7 Å². The maximum atomic E-state index is 10.7. The largest absolute Gasteiger partial charge is 0.364 e. The number of carbonyl (C=O) groups excluding carboxylic acids is 1. The normalized spacial score (nSPS) is 10.2. The number of aromatic amines is 1. The van der Waals surface area contributed by atoms with Crippen LogP contribution in [0.15, 0.2) is 23.7 Å². The zero-order valence-electron chi connectivity index (χ0n) is 6.65. The predicted octanol–water partition coefficient (Wildman–Crippen LogP) is 1.24. The summed E-state index contributed by atoms with van der Waals surface area (Å²) in [5, 5.41) is 2.43. The van der Waals surface area contributed by atoms with Crippen LogP contribution in [-0.2, 0) is 0 Å². The van der Waals surface area contributed by atoms with Crippen molar-refractivity contribution in [2.45, 2.75) is 0 Å². The highest BCUT2D eigenvalue weighted by Gasteiger charge is 2.08. The number of nitrogens with two attached hydrogens (primary N) is 1. The molecule has 0 aliphatic heterocycles. The number of carbonyl (C=O) groups is 1. The lowest BCUT2D eigenvalue weighted by Crippen LogP contribution is -2.10. The molecule has 66 valence electrons. The van der Waals surface area contributed by atoms with E-state index in [9.17, 15) is 4.79 Å². The molecule has 13 heavy (non-hydrogen) atoms. The molecule has 2 aromatic heterocycles. The molecule has 0 saturated heterocycles. The summed E-state index contributed by atoms with van der Waals surface area (Å²) in [4.78, 5) is 17.8. The van der Waals surface area contributed by atoms with Crippen molar-refractivity contribution >= 4 is 17.2 Å². The van der Waals surface area contributed by atoms with Crippen molar-refractivity contribution in [3.8, 4) is 10.7 Å². The van der Waals surface area contributed by atoms with Gasteiger partial charge in [0.25, 0.3) is 5.91 Å². The number of hydrogen-bond donors (Lipinski definition) is 2. The number of nitrogens with zero attached hydrogens (tertiary/aromatic N) is 1. The summed E-state index contributed by atoms with van der Waals surface area (Å²) in [6.07, 6.45) is 1.81. The van der Waals surface area contributed by atoms with Crippen LogP contribution in [-0.4, -0.2) is 15.9 Å². The van der Waals surface area contributed by atoms with Crippen molar-refractivity contribution in [2.24, 2.45) is 5.73 Å². The van der Waals surface area contributed by atoms with Crippen molar-refractivity contribution in [3.05, 3.63) is 29.4 Å². The minimum Gasteiger partial charge on any atom is -0.364 e. The Bertz CT molecular complexity index is 418. The fourth-order valence-corrected chi connectivity index (χ4v) is 1.77. The maximum Gasteiger partial charge on any atom is 0.268 e. The van der Waals surface area contributed by atoms with Gasteiger partial charge in [-0.25, -0.2) is 4.98 Å². The third-order valence-corrected chi connectivity index (χ3v) is 2.46. The second kappa shape index (κ2) is 3.02. The highest BCUT2D eigenvalue weighted by molar-refractivity contribution is 7.13. The van der Waals surface area contributed by atoms with E-state index in [1.807, 2.05) is 12.1 Å². The molecule has 3 N–H and O–H groups in total. The molecular weight excluding hydrogens is 186 g/mol. The molecular formula is C8H7N3OS. The van der Waals surface area contributed by atoms with Crippen LogP contribution >= 0.6 is 11.3 Å². The van der Waals surface area contributed by atoms with Gasteiger partial charge in [0, 0.05) is 11.6 Å². The Morgan fingerprint density at radius 1 is 1.62 bits per heavy atom. The Hall–Kier alpha value is -1.62. The lowest BCUT2D eigenvalue weighted by Gasteiger charge is -1.87. The summed E-state index contributed by atoms with van der Waals surface area (Å²) in [6.45, 7) is 0. The van der Waals surface area contributed by atoms with Gasteiger partial charge in [0.2, 0.25) is 0 Å². The molecule has 2 rings (SSSR count). The number of thiazole rings is 1. The topological polar surface area (TPSA) is 71.8 Å². The molecule has 0 fully saturated rings. The number of aromatic nitrogens is 2. The smallest absolute Gasteiger partial charge is 0.268 e. The first-order chi connectivity index (χ1) is 6.27. The molecule has 0 unspecified atom stereocenters. The van der Waals surface area contributed by atoms with Crippen LogP contribution in [0.5, 0.6) is 0 Å². The molecule has 2 heterocycles. The van der Waals surface area contributed by atoms with Gasteiger partial charge in [0.05, 0.1) is 5.69 Å². The fraction of sp³-hybridized carbons (Fsp3) is 0. The monoisotopic (exact) mass is 193 g/mol. The molecule has 5 heteroatoms. The van der Waals surface area contributed by atoms with Gasteiger partial charge in [-0.1, -0.05) is 0 Å². The zero-order valence-corrected chi connectivity index (χ0v) is 7.47. The Labute approximate surface area is 78.4 Å². The van der Waals surface area contributed by atoms with Gasteiger partial charge in [-0.2, -0.15) is 0 Å². The van der Waals surface area contributed by atoms with E-state index in [0.717, 1.165) is 10.7 Å². The van der Waals surface area contributed by atoms with Gasteiger partial charge >= 0.3 is 0 Å². The fourth-order valence-electron chi connectivity index (χ4n) is 0.974. The van der Waals surface area contributed by atoms with Crippen LogP contribution in [0.1, 0.15) is 10.5 Å². The van der Waals surface area contributed by atoms with Gasteiger partial charge < -0.3 is 10.7 Å². The van der Waals surface area contributed by atoms with Crippen LogP contribution < -0.4 is 5.73 Å². The van der Waals surface area contributed by atoms with E-state index < -0.39 is 5.91 Å². The average Bonchev–Trinajstić information content (AvgIpc) is 2.75. The third-order valence-electron chi connectivity index (χ3n) is 1.58. The van der Waals surface area contributed by atoms with Crippen molar-refractivity contribution < 1.29 is 4.79 Å². The Morgan fingerprint density at radius 2 is 2.46 bits per heavy atom. The molecule has 0 bridgehead atoms. The summed E-state index contributed by atoms with van der Waals surface area (Å²) < 4.78 is 0. The van der Waals surface area contributed by atoms with Crippen molar-refractivity contribution in [3.63, 3.8) is 0 Å². The minimum absolute atomic E-state index is 0.314. The van der Waals surface area contributed by atoms with E-state index in [-0.39, 0.29) is 0 Å². The summed E-state index contributed by atoms with van der Waals surface area (Å²) in [5.74, 6) is -0.492. The first kappa shape index (κ1) is 8.00. The number of rotatable bonds is 2. The molecule has 0 spiro atoms. The minimum atomic E-state index is -0.492. The van der Waals surface area contributed by atoms with Crippen LogP contribution in [0.2, 0.25) is 0 Å². The molecule has 0 saturated carbocycles. The second-order valence-corrected chi connectivity index (χ2v) is 3.34. The molecule has 0 radical (unpaired) electrons. The van der Waals surface area contributed by atoms with E-state index in [4.69, 9.17) is 5.73 Å². The maximum absolute atomic E-state index is 10.7. The molecule has 0 aromatic carbocycles. The van der Waals surface area contributed by atoms with E-state index in [1.54, 1.807) is 11.6 Å². The third kappa shape index (κ3) is 1.46. The summed E-state index contributed by atoms with van der Waals surface area (Å²) in [6, 6.07) is 3.77. The van der Waals surface area contributed by atoms with Crippen molar-refractivity contribution in [2.75, 3.05) is 0 Å². The SMILES string of the molecule is NC(=O)c1csc(-c2ccc[nH]2)n1. The van der Waals surface area contributed by atoms with Crippen molar-refractivity contribution in [1.82, 2.24) is 9.97 Å². The molecule has 2 aromatic rings. The number of H-pyrrole nitrogens is 1. The first-order valence-corrected chi connectivity index (χ1v) is 4.54. The lowest BCUT2D eigenvalue weighted by molar-refractivity contribution is 0.0996. The number of primary amides is 1. The van der Waals surface area contributed by atoms with Crippen LogP contribution in [0.25, 0.3) is 10.7 Å². The average molecular weight is 193 g/mol. The highest BCUT2D eigenvalue weighted by Crippen LogP contribution is 2.21. The quantitative estimate of drug-likeness (QED) is 0.753. The number of amides is 1. The Balaban J connectivity index is 2.39. The Kier molecular flexibility index (Phi) is 1.86. The zero-order chi connectivity index (χ0) is 9.26. The van der Waals surface area contributed by atoms with Gasteiger partial charge in [-0.05, 0) is 12.1 Å². The summed E-state index contributed by atoms with van der Waals surface area (Å²) >= 11 is 1.39. The molecule has 0 atom stereocenters. The highest BCUT2D eigenvalue weighted by atomic mass is 32.1. The molecule has 1 amide bonds. The van der Waals surface area contributed by atoms with Crippen LogP contribution in [0.3, 0.4) is 0 Å². The van der Waals surface area contributed by atoms with Crippen molar-refractivity contribution in [1.29, 1.82) is 0 Å². The van der Waals surface area contributed by atoms with Crippen LogP contribution in [0, 0.1) is 0 Å².